The number of hydrogen-bond acceptors (Lipinski definition) is 6. The van der Waals surface area contributed by atoms with Crippen molar-refractivity contribution in [1.82, 2.24) is 9.97 Å². The van der Waals surface area contributed by atoms with Gasteiger partial charge in [0.2, 0.25) is 5.95 Å². The lowest BCUT2D eigenvalue weighted by molar-refractivity contribution is 0.355. The molecule has 0 atom stereocenters. The van der Waals surface area contributed by atoms with Crippen LogP contribution in [-0.2, 0) is 6.54 Å². The van der Waals surface area contributed by atoms with Gasteiger partial charge in [-0.1, -0.05) is 23.7 Å². The van der Waals surface area contributed by atoms with Crippen molar-refractivity contribution < 1.29 is 18.3 Å². The quantitative estimate of drug-likeness (QED) is 0.360. The highest BCUT2D eigenvalue weighted by atomic mass is 35.5. The fraction of sp³-hybridized carbons (Fsp3) is 0.115. The number of nitrogens with zero attached hydrogens (tertiary/aromatic N) is 3. The van der Waals surface area contributed by atoms with Gasteiger partial charge in [0, 0.05) is 39.7 Å². The van der Waals surface area contributed by atoms with Gasteiger partial charge in [-0.3, -0.25) is 4.99 Å². The Bertz CT molecular complexity index is 1460. The molecule has 0 saturated carbocycles. The maximum absolute atomic E-state index is 14.7. The molecular weight excluding hydrogens is 474 g/mol. The topological polar surface area (TPSA) is 68.6 Å². The van der Waals surface area contributed by atoms with Gasteiger partial charge in [0.25, 0.3) is 0 Å². The molecule has 3 aromatic carbocycles. The zero-order chi connectivity index (χ0) is 24.5. The first-order valence-corrected chi connectivity index (χ1v) is 11.0. The van der Waals surface area contributed by atoms with Gasteiger partial charge in [0.15, 0.2) is 11.5 Å². The maximum atomic E-state index is 14.7. The zero-order valence-corrected chi connectivity index (χ0v) is 19.5. The second-order valence-electron chi connectivity index (χ2n) is 7.71. The van der Waals surface area contributed by atoms with Crippen LogP contribution in [0.1, 0.15) is 16.7 Å². The van der Waals surface area contributed by atoms with Crippen LogP contribution in [0.5, 0.6) is 11.5 Å². The van der Waals surface area contributed by atoms with Gasteiger partial charge in [-0.25, -0.2) is 18.7 Å². The third-order valence-electron chi connectivity index (χ3n) is 5.60. The Labute approximate surface area is 205 Å². The highest BCUT2D eigenvalue weighted by molar-refractivity contribution is 6.31. The largest absolute Gasteiger partial charge is 0.493 e. The van der Waals surface area contributed by atoms with Crippen molar-refractivity contribution >= 4 is 28.9 Å². The minimum atomic E-state index is -0.706. The molecule has 1 aliphatic heterocycles. The number of anilines is 2. The molecule has 4 aromatic rings. The summed E-state index contributed by atoms with van der Waals surface area (Å²) in [5, 5.41) is 3.57. The van der Waals surface area contributed by atoms with E-state index in [-0.39, 0.29) is 17.8 Å². The summed E-state index contributed by atoms with van der Waals surface area (Å²) in [4.78, 5) is 13.7. The number of aromatic nitrogens is 2. The Morgan fingerprint density at radius 1 is 0.914 bits per heavy atom. The van der Waals surface area contributed by atoms with Gasteiger partial charge in [0.05, 0.1) is 37.7 Å². The molecule has 0 unspecified atom stereocenters. The van der Waals surface area contributed by atoms with Crippen molar-refractivity contribution in [3.8, 4) is 22.8 Å². The van der Waals surface area contributed by atoms with Crippen LogP contribution in [0.3, 0.4) is 0 Å². The number of ether oxygens (including phenoxy) is 2. The van der Waals surface area contributed by atoms with Gasteiger partial charge >= 0.3 is 0 Å². The van der Waals surface area contributed by atoms with Gasteiger partial charge < -0.3 is 14.8 Å². The summed E-state index contributed by atoms with van der Waals surface area (Å²) in [5.41, 5.74) is 3.07. The van der Waals surface area contributed by atoms with Crippen LogP contribution < -0.4 is 14.8 Å². The predicted octanol–water partition coefficient (Wildman–Crippen LogP) is 6.19. The van der Waals surface area contributed by atoms with E-state index in [1.165, 1.54) is 18.2 Å². The summed E-state index contributed by atoms with van der Waals surface area (Å²) in [5.74, 6) is 0.0661. The molecular formula is C26H19ClF2N4O2. The average Bonchev–Trinajstić information content (AvgIpc) is 3.00. The molecule has 0 saturated heterocycles. The summed E-state index contributed by atoms with van der Waals surface area (Å²) in [6, 6.07) is 14.2. The molecule has 1 aromatic heterocycles. The Kier molecular flexibility index (Phi) is 6.05. The monoisotopic (exact) mass is 492 g/mol. The van der Waals surface area contributed by atoms with Crippen LogP contribution in [0.25, 0.3) is 11.3 Å². The highest BCUT2D eigenvalue weighted by Crippen LogP contribution is 2.35. The zero-order valence-electron chi connectivity index (χ0n) is 18.8. The van der Waals surface area contributed by atoms with Crippen LogP contribution >= 0.6 is 11.6 Å². The third kappa shape index (κ3) is 4.28. The van der Waals surface area contributed by atoms with E-state index >= 15 is 0 Å². The Morgan fingerprint density at radius 3 is 2.43 bits per heavy atom. The first kappa shape index (κ1) is 22.7. The summed E-state index contributed by atoms with van der Waals surface area (Å²) in [6.07, 6.45) is 1.65. The summed E-state index contributed by atoms with van der Waals surface area (Å²) < 4.78 is 40.0. The average molecular weight is 493 g/mol. The van der Waals surface area contributed by atoms with Crippen molar-refractivity contribution in [3.63, 3.8) is 0 Å². The predicted molar refractivity (Wildman–Crippen MR) is 131 cm³/mol. The SMILES string of the molecule is COc1ccc(Nc2ncc3c(n2)-c2ccc(Cl)cc2C(c2c(F)cccc2F)=NC3)cc1OC. The van der Waals surface area contributed by atoms with Crippen LogP contribution in [-0.4, -0.2) is 29.9 Å². The van der Waals surface area contributed by atoms with E-state index < -0.39 is 11.6 Å². The Hall–Kier alpha value is -4.04. The number of methoxy groups -OCH3 is 2. The maximum Gasteiger partial charge on any atom is 0.227 e. The summed E-state index contributed by atoms with van der Waals surface area (Å²) >= 11 is 6.27. The van der Waals surface area contributed by atoms with Gasteiger partial charge in [-0.05, 0) is 36.4 Å². The van der Waals surface area contributed by atoms with Crippen LogP contribution in [0.2, 0.25) is 5.02 Å². The third-order valence-corrected chi connectivity index (χ3v) is 5.84. The molecule has 0 spiro atoms. The van der Waals surface area contributed by atoms with E-state index in [2.05, 4.69) is 15.3 Å². The van der Waals surface area contributed by atoms with Gasteiger partial charge in [-0.2, -0.15) is 0 Å². The minimum absolute atomic E-state index is 0.140. The molecule has 2 heterocycles. The lowest BCUT2D eigenvalue weighted by atomic mass is 9.95. The van der Waals surface area contributed by atoms with E-state index in [0.29, 0.717) is 50.5 Å². The van der Waals surface area contributed by atoms with Crippen LogP contribution in [0, 0.1) is 11.6 Å². The smallest absolute Gasteiger partial charge is 0.227 e. The fourth-order valence-electron chi connectivity index (χ4n) is 3.97. The molecule has 0 bridgehead atoms. The van der Waals surface area contributed by atoms with E-state index in [4.69, 9.17) is 26.1 Å². The van der Waals surface area contributed by atoms with Gasteiger partial charge in [0.1, 0.15) is 11.6 Å². The second kappa shape index (κ2) is 9.31. The molecule has 0 radical (unpaired) electrons. The van der Waals surface area contributed by atoms with Crippen molar-refractivity contribution in [3.05, 3.63) is 94.1 Å². The molecule has 0 fully saturated rings. The fourth-order valence-corrected chi connectivity index (χ4v) is 4.14. The molecule has 176 valence electrons. The number of aliphatic imine (C=N–C) groups is 1. The summed E-state index contributed by atoms with van der Waals surface area (Å²) in [6.45, 7) is 0.140. The number of rotatable bonds is 5. The van der Waals surface area contributed by atoms with Gasteiger partial charge in [-0.15, -0.1) is 0 Å². The Morgan fingerprint density at radius 2 is 1.69 bits per heavy atom. The normalized spacial score (nSPS) is 12.2. The molecule has 9 heteroatoms. The number of halogens is 3. The molecule has 0 aliphatic carbocycles. The first-order valence-electron chi connectivity index (χ1n) is 10.6. The molecule has 6 nitrogen and oxygen atoms in total. The number of benzene rings is 3. The molecule has 5 rings (SSSR count). The van der Waals surface area contributed by atoms with Crippen molar-refractivity contribution in [2.45, 2.75) is 6.54 Å². The van der Waals surface area contributed by atoms with Crippen LogP contribution in [0.4, 0.5) is 20.4 Å². The van der Waals surface area contributed by atoms with Crippen molar-refractivity contribution in [2.75, 3.05) is 19.5 Å². The number of nitrogens with one attached hydrogen (secondary N) is 1. The molecule has 1 aliphatic rings. The highest BCUT2D eigenvalue weighted by Gasteiger charge is 2.25. The number of hydrogen-bond donors (Lipinski definition) is 1. The molecule has 0 amide bonds. The minimum Gasteiger partial charge on any atom is -0.493 e. The first-order chi connectivity index (χ1) is 17.0. The Balaban J connectivity index is 1.60. The second-order valence-corrected chi connectivity index (χ2v) is 8.15. The van der Waals surface area contributed by atoms with E-state index in [0.717, 1.165) is 0 Å². The van der Waals surface area contributed by atoms with E-state index in [1.807, 2.05) is 6.07 Å². The molecule has 1 N–H and O–H groups in total. The standard InChI is InChI=1S/C26H19ClF2N4O2/c1-34-21-9-7-16(11-22(21)35-2)32-26-31-13-14-12-30-25(23-19(28)4-3-5-20(23)29)18-10-15(27)6-8-17(18)24(14)33-26/h3-11,13H,12H2,1-2H3,(H,31,32,33). The molecule has 35 heavy (non-hydrogen) atoms. The van der Waals surface area contributed by atoms with Crippen molar-refractivity contribution in [1.29, 1.82) is 0 Å². The van der Waals surface area contributed by atoms with Crippen LogP contribution in [0.15, 0.2) is 65.8 Å². The number of fused-ring (bicyclic) bond motifs is 3. The van der Waals surface area contributed by atoms with E-state index in [9.17, 15) is 8.78 Å². The van der Waals surface area contributed by atoms with Crippen molar-refractivity contribution in [2.24, 2.45) is 4.99 Å². The van der Waals surface area contributed by atoms with E-state index in [1.54, 1.807) is 50.7 Å². The lowest BCUT2D eigenvalue weighted by Crippen LogP contribution is -2.10. The summed E-state index contributed by atoms with van der Waals surface area (Å²) in [7, 11) is 3.12. The lowest BCUT2D eigenvalue weighted by Gasteiger charge is -2.14.